The summed E-state index contributed by atoms with van der Waals surface area (Å²) in [6.45, 7) is 1.62. The maximum Gasteiger partial charge on any atom is 0.307 e. The Labute approximate surface area is 166 Å². The zero-order valence-corrected chi connectivity index (χ0v) is 17.1. The van der Waals surface area contributed by atoms with Crippen molar-refractivity contribution in [1.82, 2.24) is 10.0 Å². The van der Waals surface area contributed by atoms with E-state index in [0.717, 1.165) is 11.3 Å². The van der Waals surface area contributed by atoms with E-state index in [1.807, 2.05) is 0 Å². The van der Waals surface area contributed by atoms with Crippen LogP contribution < -0.4 is 10.0 Å². The molecule has 0 bridgehead atoms. The Bertz CT molecular complexity index is 927. The fraction of sp³-hybridized carbons (Fsp3) is 0.294. The summed E-state index contributed by atoms with van der Waals surface area (Å²) in [4.78, 5) is 23.4. The molecule has 1 aromatic heterocycles. The standard InChI is InChI=1S/C17H19ClN2O5S2/c1-11(21)19-10-12-7-8-17(26-12)27(23,24)20-15(9-16(22)25-2)13-5-3-4-6-14(13)18/h3-8,15,20H,9-10H2,1-2H3,(H,19,21). The van der Waals surface area contributed by atoms with E-state index in [1.165, 1.54) is 20.1 Å². The zero-order chi connectivity index (χ0) is 20.0. The molecule has 2 aromatic rings. The normalized spacial score (nSPS) is 12.4. The highest BCUT2D eigenvalue weighted by molar-refractivity contribution is 7.91. The summed E-state index contributed by atoms with van der Waals surface area (Å²) in [5.41, 5.74) is 0.475. The van der Waals surface area contributed by atoms with Gasteiger partial charge in [-0.15, -0.1) is 11.3 Å². The largest absolute Gasteiger partial charge is 0.469 e. The topological polar surface area (TPSA) is 102 Å². The lowest BCUT2D eigenvalue weighted by Gasteiger charge is -2.18. The number of esters is 1. The third-order valence-corrected chi connectivity index (χ3v) is 6.98. The molecule has 1 atom stereocenters. The number of carbonyl (C=O) groups excluding carboxylic acids is 2. The Morgan fingerprint density at radius 3 is 2.56 bits per heavy atom. The number of thiophene rings is 1. The van der Waals surface area contributed by atoms with Crippen LogP contribution in [0.4, 0.5) is 0 Å². The lowest BCUT2D eigenvalue weighted by atomic mass is 10.1. The Morgan fingerprint density at radius 1 is 1.22 bits per heavy atom. The van der Waals surface area contributed by atoms with Gasteiger partial charge in [0.05, 0.1) is 26.1 Å². The molecule has 0 aliphatic heterocycles. The van der Waals surface area contributed by atoms with Crippen LogP contribution in [0.2, 0.25) is 5.02 Å². The number of hydrogen-bond acceptors (Lipinski definition) is 6. The highest BCUT2D eigenvalue weighted by Crippen LogP contribution is 2.29. The van der Waals surface area contributed by atoms with Crippen LogP contribution in [-0.2, 0) is 30.9 Å². The Morgan fingerprint density at radius 2 is 1.93 bits per heavy atom. The average molecular weight is 431 g/mol. The van der Waals surface area contributed by atoms with Gasteiger partial charge in [-0.3, -0.25) is 9.59 Å². The highest BCUT2D eigenvalue weighted by atomic mass is 35.5. The van der Waals surface area contributed by atoms with Crippen molar-refractivity contribution in [1.29, 1.82) is 0 Å². The van der Waals surface area contributed by atoms with Crippen LogP contribution in [-0.4, -0.2) is 27.4 Å². The Balaban J connectivity index is 2.26. The Kier molecular flexibility index (Phi) is 7.37. The summed E-state index contributed by atoms with van der Waals surface area (Å²) in [5.74, 6) is -0.775. The molecule has 0 fully saturated rings. The van der Waals surface area contributed by atoms with Crippen molar-refractivity contribution < 1.29 is 22.7 Å². The summed E-state index contributed by atoms with van der Waals surface area (Å²) in [7, 11) is -2.68. The third kappa shape index (κ3) is 6.03. The minimum Gasteiger partial charge on any atom is -0.469 e. The number of methoxy groups -OCH3 is 1. The van der Waals surface area contributed by atoms with E-state index >= 15 is 0 Å². The molecule has 0 saturated heterocycles. The van der Waals surface area contributed by atoms with E-state index in [0.29, 0.717) is 15.5 Å². The van der Waals surface area contributed by atoms with Crippen LogP contribution in [0.25, 0.3) is 0 Å². The maximum atomic E-state index is 12.8. The van der Waals surface area contributed by atoms with Gasteiger partial charge in [-0.05, 0) is 23.8 Å². The summed E-state index contributed by atoms with van der Waals surface area (Å²) < 4.78 is 32.8. The average Bonchev–Trinajstić information content (AvgIpc) is 3.09. The second-order valence-electron chi connectivity index (χ2n) is 5.61. The molecule has 27 heavy (non-hydrogen) atoms. The second kappa shape index (κ2) is 9.32. The fourth-order valence-electron chi connectivity index (χ4n) is 2.28. The summed E-state index contributed by atoms with van der Waals surface area (Å²) in [6, 6.07) is 8.88. The number of ether oxygens (including phenoxy) is 1. The smallest absolute Gasteiger partial charge is 0.307 e. The van der Waals surface area contributed by atoms with Crippen molar-refractivity contribution >= 4 is 44.8 Å². The predicted molar refractivity (Wildman–Crippen MR) is 103 cm³/mol. The molecule has 1 heterocycles. The minimum atomic E-state index is -3.91. The molecule has 146 valence electrons. The van der Waals surface area contributed by atoms with Gasteiger partial charge < -0.3 is 10.1 Å². The second-order valence-corrected chi connectivity index (χ2v) is 9.12. The van der Waals surface area contributed by atoms with Crippen LogP contribution in [0.5, 0.6) is 0 Å². The predicted octanol–water partition coefficient (Wildman–Crippen LogP) is 2.62. The number of amides is 1. The quantitative estimate of drug-likeness (QED) is 0.627. The summed E-state index contributed by atoms with van der Waals surface area (Å²) in [6.07, 6.45) is -0.205. The molecule has 1 aromatic carbocycles. The van der Waals surface area contributed by atoms with E-state index in [9.17, 15) is 18.0 Å². The number of nitrogens with one attached hydrogen (secondary N) is 2. The van der Waals surface area contributed by atoms with Gasteiger partial charge in [0, 0.05) is 16.8 Å². The third-order valence-electron chi connectivity index (χ3n) is 3.59. The van der Waals surface area contributed by atoms with E-state index in [-0.39, 0.29) is 23.1 Å². The van der Waals surface area contributed by atoms with Gasteiger partial charge >= 0.3 is 5.97 Å². The molecule has 2 N–H and O–H groups in total. The Hall–Kier alpha value is -1.94. The summed E-state index contributed by atoms with van der Waals surface area (Å²) in [5, 5.41) is 2.95. The number of benzene rings is 1. The van der Waals surface area contributed by atoms with Crippen molar-refractivity contribution in [2.24, 2.45) is 0 Å². The van der Waals surface area contributed by atoms with Gasteiger partial charge in [0.2, 0.25) is 5.91 Å². The van der Waals surface area contributed by atoms with Gasteiger partial charge in [-0.25, -0.2) is 13.1 Å². The van der Waals surface area contributed by atoms with E-state index < -0.39 is 22.0 Å². The van der Waals surface area contributed by atoms with E-state index in [1.54, 1.807) is 30.3 Å². The molecule has 0 saturated carbocycles. The number of rotatable bonds is 8. The monoisotopic (exact) mass is 430 g/mol. The summed E-state index contributed by atoms with van der Waals surface area (Å²) >= 11 is 7.20. The van der Waals surface area contributed by atoms with Gasteiger partial charge in [0.25, 0.3) is 10.0 Å². The van der Waals surface area contributed by atoms with E-state index in [2.05, 4.69) is 14.8 Å². The molecule has 10 heteroatoms. The molecule has 0 radical (unpaired) electrons. The zero-order valence-electron chi connectivity index (χ0n) is 14.7. The molecule has 7 nitrogen and oxygen atoms in total. The van der Waals surface area contributed by atoms with Crippen molar-refractivity contribution in [3.63, 3.8) is 0 Å². The van der Waals surface area contributed by atoms with Crippen LogP contribution in [0, 0.1) is 0 Å². The number of sulfonamides is 1. The first-order valence-electron chi connectivity index (χ1n) is 7.89. The highest BCUT2D eigenvalue weighted by Gasteiger charge is 2.26. The van der Waals surface area contributed by atoms with Gasteiger partial charge in [0.1, 0.15) is 4.21 Å². The SMILES string of the molecule is COC(=O)CC(NS(=O)(=O)c1ccc(CNC(C)=O)s1)c1ccccc1Cl. The molecule has 2 rings (SSSR count). The van der Waals surface area contributed by atoms with Crippen molar-refractivity contribution in [2.45, 2.75) is 30.1 Å². The lowest BCUT2D eigenvalue weighted by Crippen LogP contribution is -2.30. The first-order valence-corrected chi connectivity index (χ1v) is 10.6. The van der Waals surface area contributed by atoms with Crippen LogP contribution in [0.15, 0.2) is 40.6 Å². The lowest BCUT2D eigenvalue weighted by molar-refractivity contribution is -0.141. The molecule has 0 spiro atoms. The van der Waals surface area contributed by atoms with Crippen molar-refractivity contribution in [2.75, 3.05) is 7.11 Å². The van der Waals surface area contributed by atoms with Gasteiger partial charge in [-0.1, -0.05) is 29.8 Å². The first-order chi connectivity index (χ1) is 12.7. The van der Waals surface area contributed by atoms with Gasteiger partial charge in [0.15, 0.2) is 0 Å². The number of hydrogen-bond donors (Lipinski definition) is 2. The molecule has 1 unspecified atom stereocenters. The van der Waals surface area contributed by atoms with Crippen LogP contribution >= 0.6 is 22.9 Å². The van der Waals surface area contributed by atoms with Crippen LogP contribution in [0.1, 0.15) is 29.8 Å². The molecule has 0 aliphatic rings. The van der Waals surface area contributed by atoms with Crippen molar-refractivity contribution in [3.8, 4) is 0 Å². The first kappa shape index (κ1) is 21.4. The number of halogens is 1. The fourth-order valence-corrected chi connectivity index (χ4v) is 5.07. The van der Waals surface area contributed by atoms with Crippen molar-refractivity contribution in [3.05, 3.63) is 51.9 Å². The molecular weight excluding hydrogens is 412 g/mol. The number of carbonyl (C=O) groups is 2. The van der Waals surface area contributed by atoms with Gasteiger partial charge in [-0.2, -0.15) is 0 Å². The molecule has 0 aliphatic carbocycles. The van der Waals surface area contributed by atoms with Crippen LogP contribution in [0.3, 0.4) is 0 Å². The van der Waals surface area contributed by atoms with E-state index in [4.69, 9.17) is 11.6 Å². The molecular formula is C17H19ClN2O5S2. The maximum absolute atomic E-state index is 12.8. The molecule has 1 amide bonds. The minimum absolute atomic E-state index is 0.0739.